The van der Waals surface area contributed by atoms with Crippen LogP contribution in [0.1, 0.15) is 0 Å². The molecule has 0 N–H and O–H groups in total. The first kappa shape index (κ1) is 34.2. The Hall–Kier alpha value is -7.72. The Morgan fingerprint density at radius 3 is 1.43 bits per heavy atom. The monoisotopic (exact) mass is 790 g/mol. The van der Waals surface area contributed by atoms with Gasteiger partial charge < -0.3 is 0 Å². The van der Waals surface area contributed by atoms with Gasteiger partial charge in [-0.2, -0.15) is 0 Å². The molecule has 2 nitrogen and oxygen atoms in total. The standard InChI is InChI=1S/C58H34N2S/c1-2-13-38(14-3-1)58-59-50(34-51(60-58)44-21-7-8-22-45(44)53-33-39-15-4-9-26-52(39)61-53)43-20-6-5-19-42(43)41-31-40-30-29-37-17-11-24-47-46-23-10-16-35-27-28-36-18-12-25-48(56(36)54(35)46)49(32-41)57(40)55(37)47/h1-34H. The van der Waals surface area contributed by atoms with E-state index in [-0.39, 0.29) is 0 Å². The lowest BCUT2D eigenvalue weighted by Crippen LogP contribution is -1.98. The van der Waals surface area contributed by atoms with Gasteiger partial charge in [0.25, 0.3) is 0 Å². The maximum Gasteiger partial charge on any atom is 0.160 e. The molecule has 0 aliphatic carbocycles. The predicted octanol–water partition coefficient (Wildman–Crippen LogP) is 16.4. The molecule has 0 spiro atoms. The van der Waals surface area contributed by atoms with Gasteiger partial charge in [-0.15, -0.1) is 11.3 Å². The number of hydrogen-bond donors (Lipinski definition) is 0. The Morgan fingerprint density at radius 2 is 0.787 bits per heavy atom. The van der Waals surface area contributed by atoms with Crippen molar-refractivity contribution in [3.05, 3.63) is 206 Å². The Kier molecular flexibility index (Phi) is 7.51. The molecule has 13 aromatic rings. The van der Waals surface area contributed by atoms with E-state index in [1.54, 1.807) is 0 Å². The van der Waals surface area contributed by atoms with Crippen molar-refractivity contribution in [2.24, 2.45) is 0 Å². The molecule has 0 fully saturated rings. The summed E-state index contributed by atoms with van der Waals surface area (Å²) >= 11 is 1.82. The van der Waals surface area contributed by atoms with Gasteiger partial charge in [0.05, 0.1) is 11.4 Å². The molecular weight excluding hydrogens is 757 g/mol. The van der Waals surface area contributed by atoms with Gasteiger partial charge in [-0.25, -0.2) is 9.97 Å². The van der Waals surface area contributed by atoms with Crippen molar-refractivity contribution < 1.29 is 0 Å². The summed E-state index contributed by atoms with van der Waals surface area (Å²) in [6.45, 7) is 0. The van der Waals surface area contributed by atoms with Crippen LogP contribution >= 0.6 is 11.3 Å². The van der Waals surface area contributed by atoms with Crippen molar-refractivity contribution in [2.45, 2.75) is 0 Å². The third-order valence-electron chi connectivity index (χ3n) is 12.6. The highest BCUT2D eigenvalue weighted by molar-refractivity contribution is 7.22. The molecule has 2 heterocycles. The molecule has 0 aliphatic rings. The Bertz CT molecular complexity index is 3840. The van der Waals surface area contributed by atoms with Crippen LogP contribution in [0.5, 0.6) is 0 Å². The molecule has 3 heteroatoms. The van der Waals surface area contributed by atoms with E-state index in [2.05, 4.69) is 200 Å². The zero-order chi connectivity index (χ0) is 40.0. The number of hydrogen-bond acceptors (Lipinski definition) is 3. The van der Waals surface area contributed by atoms with Crippen LogP contribution in [-0.2, 0) is 0 Å². The van der Waals surface area contributed by atoms with Crippen molar-refractivity contribution in [1.82, 2.24) is 9.97 Å². The van der Waals surface area contributed by atoms with Crippen molar-refractivity contribution in [3.63, 3.8) is 0 Å². The fraction of sp³-hybridized carbons (Fsp3) is 0. The Labute approximate surface area is 356 Å². The minimum atomic E-state index is 0.702. The highest BCUT2D eigenvalue weighted by Crippen LogP contribution is 2.46. The van der Waals surface area contributed by atoms with Gasteiger partial charge in [0.2, 0.25) is 0 Å². The third kappa shape index (κ3) is 5.34. The van der Waals surface area contributed by atoms with Gasteiger partial charge in [0.15, 0.2) is 5.82 Å². The van der Waals surface area contributed by atoms with Gasteiger partial charge in [-0.3, -0.25) is 0 Å². The molecule has 61 heavy (non-hydrogen) atoms. The van der Waals surface area contributed by atoms with Crippen LogP contribution in [0, 0.1) is 0 Å². The summed E-state index contributed by atoms with van der Waals surface area (Å²) in [5, 5.41) is 16.5. The van der Waals surface area contributed by atoms with E-state index in [0.29, 0.717) is 5.82 Å². The lowest BCUT2D eigenvalue weighted by molar-refractivity contribution is 1.18. The molecule has 282 valence electrons. The first-order valence-electron chi connectivity index (χ1n) is 20.8. The van der Waals surface area contributed by atoms with Crippen LogP contribution in [0.2, 0.25) is 0 Å². The number of benzene rings is 10. The van der Waals surface area contributed by atoms with Gasteiger partial charge >= 0.3 is 0 Å². The molecule has 13 rings (SSSR count). The summed E-state index contributed by atoms with van der Waals surface area (Å²) in [6, 6.07) is 75.2. The quantitative estimate of drug-likeness (QED) is 0.162. The molecule has 11 aromatic carbocycles. The van der Waals surface area contributed by atoms with Crippen molar-refractivity contribution in [2.75, 3.05) is 0 Å². The molecule has 0 bridgehead atoms. The number of aromatic nitrogens is 2. The SMILES string of the molecule is c1ccc(-c2nc(-c3ccccc3-c3cc4ccc5cccc6c7cccc8ccc9cccc(c(c3)c4c56)c9c87)cc(-c3ccccc3-c3cc4ccccc4s3)n2)cc1. The second-order valence-corrected chi connectivity index (χ2v) is 17.1. The minimum absolute atomic E-state index is 0.702. The normalized spacial score (nSPS) is 11.9. The van der Waals surface area contributed by atoms with E-state index < -0.39 is 0 Å². The summed E-state index contributed by atoms with van der Waals surface area (Å²) < 4.78 is 1.27. The molecule has 0 aliphatic heterocycles. The fourth-order valence-corrected chi connectivity index (χ4v) is 11.0. The zero-order valence-electron chi connectivity index (χ0n) is 32.9. The van der Waals surface area contributed by atoms with Crippen LogP contribution in [0.15, 0.2) is 206 Å². The van der Waals surface area contributed by atoms with Gasteiger partial charge in [-0.1, -0.05) is 176 Å². The first-order chi connectivity index (χ1) is 30.2. The summed E-state index contributed by atoms with van der Waals surface area (Å²) in [5.41, 5.74) is 8.35. The summed E-state index contributed by atoms with van der Waals surface area (Å²) in [5.74, 6) is 0.702. The molecule has 0 amide bonds. The van der Waals surface area contributed by atoms with Gasteiger partial charge in [0.1, 0.15) is 0 Å². The van der Waals surface area contributed by atoms with Crippen LogP contribution < -0.4 is 0 Å². The van der Waals surface area contributed by atoms with Crippen LogP contribution in [0.4, 0.5) is 0 Å². The second-order valence-electron chi connectivity index (χ2n) is 16.0. The van der Waals surface area contributed by atoms with Crippen molar-refractivity contribution >= 4 is 86.1 Å². The van der Waals surface area contributed by atoms with Crippen LogP contribution in [-0.4, -0.2) is 9.97 Å². The molecule has 0 saturated carbocycles. The summed E-state index contributed by atoms with van der Waals surface area (Å²) in [6.07, 6.45) is 0. The topological polar surface area (TPSA) is 25.8 Å². The molecular formula is C58H34N2S. The second kappa shape index (κ2) is 13.4. The number of fused-ring (bicyclic) bond motifs is 3. The number of rotatable bonds is 5. The van der Waals surface area contributed by atoms with Crippen LogP contribution in [0.3, 0.4) is 0 Å². The average Bonchev–Trinajstić information content (AvgIpc) is 3.77. The third-order valence-corrected chi connectivity index (χ3v) is 13.7. The highest BCUT2D eigenvalue weighted by Gasteiger charge is 2.20. The first-order valence-corrected chi connectivity index (χ1v) is 21.6. The van der Waals surface area contributed by atoms with Gasteiger partial charge in [0, 0.05) is 31.8 Å². The zero-order valence-corrected chi connectivity index (χ0v) is 33.7. The molecule has 2 aromatic heterocycles. The lowest BCUT2D eigenvalue weighted by atomic mass is 9.86. The number of thiophene rings is 1. The summed E-state index contributed by atoms with van der Waals surface area (Å²) in [4.78, 5) is 11.9. The summed E-state index contributed by atoms with van der Waals surface area (Å²) in [7, 11) is 0. The fourth-order valence-electron chi connectivity index (χ4n) is 9.87. The van der Waals surface area contributed by atoms with E-state index in [1.807, 2.05) is 17.4 Å². The van der Waals surface area contributed by atoms with Crippen LogP contribution in [0.25, 0.3) is 130 Å². The molecule has 0 unspecified atom stereocenters. The number of nitrogens with zero attached hydrogens (tertiary/aromatic N) is 2. The average molecular weight is 791 g/mol. The van der Waals surface area contributed by atoms with E-state index in [1.165, 1.54) is 85.2 Å². The molecule has 0 saturated heterocycles. The van der Waals surface area contributed by atoms with Crippen molar-refractivity contribution in [1.29, 1.82) is 0 Å². The van der Waals surface area contributed by atoms with E-state index in [9.17, 15) is 0 Å². The maximum atomic E-state index is 5.38. The highest BCUT2D eigenvalue weighted by atomic mass is 32.1. The minimum Gasteiger partial charge on any atom is -0.228 e. The lowest BCUT2D eigenvalue weighted by Gasteiger charge is -2.18. The molecule has 0 radical (unpaired) electrons. The van der Waals surface area contributed by atoms with E-state index in [0.717, 1.165) is 39.2 Å². The molecule has 0 atom stereocenters. The Morgan fingerprint density at radius 1 is 0.295 bits per heavy atom. The van der Waals surface area contributed by atoms with E-state index in [4.69, 9.17) is 9.97 Å². The van der Waals surface area contributed by atoms with E-state index >= 15 is 0 Å². The van der Waals surface area contributed by atoms with Crippen molar-refractivity contribution in [3.8, 4) is 55.5 Å². The smallest absolute Gasteiger partial charge is 0.160 e. The van der Waals surface area contributed by atoms with Gasteiger partial charge in [-0.05, 0) is 111 Å². The maximum absolute atomic E-state index is 5.38. The predicted molar refractivity (Wildman–Crippen MR) is 261 cm³/mol. The Balaban J connectivity index is 1.09. The largest absolute Gasteiger partial charge is 0.228 e.